The molecular formula is C12H14F4N2O. The van der Waals surface area contributed by atoms with Gasteiger partial charge in [-0.1, -0.05) is 0 Å². The van der Waals surface area contributed by atoms with Gasteiger partial charge in [-0.05, 0) is 32.0 Å². The predicted molar refractivity (Wildman–Crippen MR) is 62.0 cm³/mol. The molecule has 0 aliphatic rings. The van der Waals surface area contributed by atoms with E-state index >= 15 is 0 Å². The van der Waals surface area contributed by atoms with Gasteiger partial charge in [-0.25, -0.2) is 4.39 Å². The molecule has 0 aliphatic heterocycles. The number of hydrogen-bond donors (Lipinski definition) is 2. The van der Waals surface area contributed by atoms with Crippen LogP contribution in [0.25, 0.3) is 0 Å². The van der Waals surface area contributed by atoms with Crippen LogP contribution in [0.2, 0.25) is 0 Å². The van der Waals surface area contributed by atoms with Crippen LogP contribution in [-0.2, 0) is 6.18 Å². The van der Waals surface area contributed by atoms with Gasteiger partial charge in [-0.15, -0.1) is 0 Å². The van der Waals surface area contributed by atoms with Gasteiger partial charge < -0.3 is 11.1 Å². The standard InChI is InChI=1S/C12H14F4N2O/c1-11(2,6-17)18-10(19)8-5-7(12(14,15)16)3-4-9(8)13/h3-5H,6,17H2,1-2H3,(H,18,19). The quantitative estimate of drug-likeness (QED) is 0.834. The topological polar surface area (TPSA) is 55.1 Å². The van der Waals surface area contributed by atoms with Crippen LogP contribution in [0.5, 0.6) is 0 Å². The molecular weight excluding hydrogens is 264 g/mol. The summed E-state index contributed by atoms with van der Waals surface area (Å²) in [6.45, 7) is 3.23. The fourth-order valence-electron chi connectivity index (χ4n) is 1.30. The number of hydrogen-bond acceptors (Lipinski definition) is 2. The molecule has 1 aromatic carbocycles. The summed E-state index contributed by atoms with van der Waals surface area (Å²) in [7, 11) is 0. The highest BCUT2D eigenvalue weighted by Gasteiger charge is 2.32. The molecule has 1 amide bonds. The zero-order chi connectivity index (χ0) is 14.8. The minimum Gasteiger partial charge on any atom is -0.346 e. The monoisotopic (exact) mass is 278 g/mol. The maximum absolute atomic E-state index is 13.4. The van der Waals surface area contributed by atoms with Gasteiger partial charge in [0.15, 0.2) is 0 Å². The summed E-state index contributed by atoms with van der Waals surface area (Å²) in [4.78, 5) is 11.7. The highest BCUT2D eigenvalue weighted by Crippen LogP contribution is 2.30. The molecule has 3 N–H and O–H groups in total. The number of alkyl halides is 3. The predicted octanol–water partition coefficient (Wildman–Crippen LogP) is 2.31. The van der Waals surface area contributed by atoms with E-state index in [4.69, 9.17) is 5.73 Å². The Labute approximate surface area is 107 Å². The molecule has 1 rings (SSSR count). The zero-order valence-corrected chi connectivity index (χ0v) is 10.4. The Morgan fingerprint density at radius 1 is 1.32 bits per heavy atom. The van der Waals surface area contributed by atoms with Crippen LogP contribution in [0.1, 0.15) is 29.8 Å². The number of rotatable bonds is 3. The summed E-state index contributed by atoms with van der Waals surface area (Å²) in [5.41, 5.74) is 2.81. The van der Waals surface area contributed by atoms with Gasteiger partial charge in [0, 0.05) is 12.1 Å². The first-order valence-electron chi connectivity index (χ1n) is 5.46. The molecule has 0 saturated heterocycles. The summed E-state index contributed by atoms with van der Waals surface area (Å²) in [5, 5.41) is 2.37. The summed E-state index contributed by atoms with van der Waals surface area (Å²) in [5.74, 6) is -1.95. The summed E-state index contributed by atoms with van der Waals surface area (Å²) < 4.78 is 50.9. The largest absolute Gasteiger partial charge is 0.416 e. The lowest BCUT2D eigenvalue weighted by atomic mass is 10.0. The zero-order valence-electron chi connectivity index (χ0n) is 10.4. The van der Waals surface area contributed by atoms with Crippen molar-refractivity contribution in [1.82, 2.24) is 5.32 Å². The van der Waals surface area contributed by atoms with E-state index in [9.17, 15) is 22.4 Å². The number of carbonyl (C=O) groups excluding carboxylic acids is 1. The lowest BCUT2D eigenvalue weighted by molar-refractivity contribution is -0.137. The van der Waals surface area contributed by atoms with Gasteiger partial charge in [-0.3, -0.25) is 4.79 Å². The Bertz CT molecular complexity index is 483. The molecule has 1 aromatic rings. The number of nitrogens with two attached hydrogens (primary N) is 1. The van der Waals surface area contributed by atoms with E-state index in [1.165, 1.54) is 0 Å². The van der Waals surface area contributed by atoms with Crippen molar-refractivity contribution in [2.24, 2.45) is 5.73 Å². The second-order valence-electron chi connectivity index (χ2n) is 4.73. The Balaban J connectivity index is 3.10. The molecule has 106 valence electrons. The van der Waals surface area contributed by atoms with Crippen molar-refractivity contribution in [1.29, 1.82) is 0 Å². The van der Waals surface area contributed by atoms with Crippen molar-refractivity contribution < 1.29 is 22.4 Å². The van der Waals surface area contributed by atoms with E-state index in [0.717, 1.165) is 0 Å². The molecule has 0 fully saturated rings. The second kappa shape index (κ2) is 5.16. The highest BCUT2D eigenvalue weighted by molar-refractivity contribution is 5.95. The van der Waals surface area contributed by atoms with E-state index < -0.39 is 34.6 Å². The van der Waals surface area contributed by atoms with E-state index in [2.05, 4.69) is 5.32 Å². The highest BCUT2D eigenvalue weighted by atomic mass is 19.4. The van der Waals surface area contributed by atoms with Crippen molar-refractivity contribution in [3.63, 3.8) is 0 Å². The lowest BCUT2D eigenvalue weighted by Gasteiger charge is -2.24. The molecule has 19 heavy (non-hydrogen) atoms. The molecule has 0 heterocycles. The van der Waals surface area contributed by atoms with Crippen LogP contribution in [0.3, 0.4) is 0 Å². The molecule has 0 bridgehead atoms. The smallest absolute Gasteiger partial charge is 0.346 e. The lowest BCUT2D eigenvalue weighted by Crippen LogP contribution is -2.49. The van der Waals surface area contributed by atoms with Gasteiger partial charge in [0.2, 0.25) is 0 Å². The van der Waals surface area contributed by atoms with Crippen molar-refractivity contribution >= 4 is 5.91 Å². The number of benzene rings is 1. The van der Waals surface area contributed by atoms with Crippen molar-refractivity contribution in [3.05, 3.63) is 35.1 Å². The molecule has 0 spiro atoms. The molecule has 0 saturated carbocycles. The van der Waals surface area contributed by atoms with Crippen LogP contribution in [0.4, 0.5) is 17.6 Å². The molecule has 0 radical (unpaired) electrons. The second-order valence-corrected chi connectivity index (χ2v) is 4.73. The van der Waals surface area contributed by atoms with E-state index in [-0.39, 0.29) is 6.54 Å². The average Bonchev–Trinajstić information content (AvgIpc) is 2.27. The number of nitrogens with one attached hydrogen (secondary N) is 1. The maximum atomic E-state index is 13.4. The SMILES string of the molecule is CC(C)(CN)NC(=O)c1cc(C(F)(F)F)ccc1F. The summed E-state index contributed by atoms with van der Waals surface area (Å²) >= 11 is 0. The Morgan fingerprint density at radius 3 is 2.37 bits per heavy atom. The van der Waals surface area contributed by atoms with Crippen molar-refractivity contribution in [2.75, 3.05) is 6.54 Å². The fraction of sp³-hybridized carbons (Fsp3) is 0.417. The molecule has 7 heteroatoms. The molecule has 0 aromatic heterocycles. The number of halogens is 4. The van der Waals surface area contributed by atoms with Crippen molar-refractivity contribution in [2.45, 2.75) is 25.6 Å². The van der Waals surface area contributed by atoms with Gasteiger partial charge >= 0.3 is 6.18 Å². The minimum atomic E-state index is -4.63. The molecule has 0 unspecified atom stereocenters. The van der Waals surface area contributed by atoms with Crippen LogP contribution in [0.15, 0.2) is 18.2 Å². The van der Waals surface area contributed by atoms with Gasteiger partial charge in [0.1, 0.15) is 5.82 Å². The number of carbonyl (C=O) groups is 1. The average molecular weight is 278 g/mol. The first-order valence-corrected chi connectivity index (χ1v) is 5.46. The summed E-state index contributed by atoms with van der Waals surface area (Å²) in [6.07, 6.45) is -4.63. The Hall–Kier alpha value is -1.63. The molecule has 3 nitrogen and oxygen atoms in total. The first-order chi connectivity index (χ1) is 8.57. The third kappa shape index (κ3) is 3.92. The fourth-order valence-corrected chi connectivity index (χ4v) is 1.30. The van der Waals surface area contributed by atoms with Gasteiger partial charge in [-0.2, -0.15) is 13.2 Å². The maximum Gasteiger partial charge on any atom is 0.416 e. The van der Waals surface area contributed by atoms with Crippen molar-refractivity contribution in [3.8, 4) is 0 Å². The Kier molecular flexibility index (Phi) is 4.19. The third-order valence-electron chi connectivity index (χ3n) is 2.50. The first kappa shape index (κ1) is 15.4. The van der Waals surface area contributed by atoms with E-state index in [1.807, 2.05) is 0 Å². The molecule has 0 atom stereocenters. The van der Waals surface area contributed by atoms with Crippen LogP contribution in [0, 0.1) is 5.82 Å². The van der Waals surface area contributed by atoms with Crippen LogP contribution >= 0.6 is 0 Å². The van der Waals surface area contributed by atoms with Crippen LogP contribution < -0.4 is 11.1 Å². The Morgan fingerprint density at radius 2 is 1.89 bits per heavy atom. The summed E-state index contributed by atoms with van der Waals surface area (Å²) in [6, 6.07) is 1.69. The normalized spacial score (nSPS) is 12.4. The van der Waals surface area contributed by atoms with Gasteiger partial charge in [0.05, 0.1) is 11.1 Å². The molecule has 0 aliphatic carbocycles. The van der Waals surface area contributed by atoms with E-state index in [1.54, 1.807) is 13.8 Å². The van der Waals surface area contributed by atoms with E-state index in [0.29, 0.717) is 18.2 Å². The van der Waals surface area contributed by atoms with Gasteiger partial charge in [0.25, 0.3) is 5.91 Å². The van der Waals surface area contributed by atoms with Crippen LogP contribution in [-0.4, -0.2) is 18.0 Å². The number of amides is 1. The third-order valence-corrected chi connectivity index (χ3v) is 2.50. The minimum absolute atomic E-state index is 0.0688.